The Hall–Kier alpha value is -4.56. The van der Waals surface area contributed by atoms with Crippen LogP contribution < -0.4 is 14.5 Å². The highest BCUT2D eigenvalue weighted by atomic mass is 19.1. The zero-order chi connectivity index (χ0) is 37.4. The van der Waals surface area contributed by atoms with Gasteiger partial charge in [-0.1, -0.05) is 13.0 Å². The molecular formula is C41H48F2N8O4. The number of aryl methyl sites for hydroxylation is 2. The molecule has 0 unspecified atom stereocenters. The van der Waals surface area contributed by atoms with Gasteiger partial charge in [0.25, 0.3) is 5.91 Å². The minimum Gasteiger partial charge on any atom is -0.508 e. The molecule has 14 heteroatoms. The minimum absolute atomic E-state index is 0.0374. The summed E-state index contributed by atoms with van der Waals surface area (Å²) in [5.74, 6) is 0.621. The first kappa shape index (κ1) is 34.9. The number of halogens is 2. The fourth-order valence-corrected chi connectivity index (χ4v) is 10.4. The first-order valence-corrected chi connectivity index (χ1v) is 20.1. The number of hydrogen-bond donors (Lipinski definition) is 1. The number of alkyl halides is 1. The first-order valence-electron chi connectivity index (χ1n) is 20.1. The molecule has 4 atom stereocenters. The van der Waals surface area contributed by atoms with Crippen LogP contribution in [0, 0.1) is 5.82 Å². The Kier molecular flexibility index (Phi) is 8.61. The average Bonchev–Trinajstić information content (AvgIpc) is 3.92. The number of nitrogens with zero attached hydrogens (tertiary/aromatic N) is 8. The number of phenols is 1. The van der Waals surface area contributed by atoms with Gasteiger partial charge in [0, 0.05) is 61.8 Å². The third kappa shape index (κ3) is 6.07. The topological polar surface area (TPSA) is 112 Å². The minimum atomic E-state index is -0.871. The molecule has 4 fully saturated rings. The Bertz CT molecular complexity index is 2160. The van der Waals surface area contributed by atoms with Crippen molar-refractivity contribution in [1.82, 2.24) is 29.5 Å². The van der Waals surface area contributed by atoms with Gasteiger partial charge in [-0.3, -0.25) is 14.4 Å². The molecule has 4 saturated heterocycles. The molecule has 0 aliphatic carbocycles. The fourth-order valence-electron chi connectivity index (χ4n) is 10.4. The van der Waals surface area contributed by atoms with Crippen molar-refractivity contribution in [2.24, 2.45) is 0 Å². The molecule has 2 aromatic heterocycles. The maximum Gasteiger partial charge on any atom is 0.318 e. The van der Waals surface area contributed by atoms with Crippen LogP contribution >= 0.6 is 0 Å². The molecular weight excluding hydrogens is 706 g/mol. The molecule has 1 N–H and O–H groups in total. The molecule has 4 aromatic rings. The monoisotopic (exact) mass is 754 g/mol. The van der Waals surface area contributed by atoms with Gasteiger partial charge in [0.05, 0.1) is 48.8 Å². The second-order valence-corrected chi connectivity index (χ2v) is 16.4. The predicted octanol–water partition coefficient (Wildman–Crippen LogP) is 5.17. The molecule has 10 rings (SSSR count). The Labute approximate surface area is 319 Å². The molecule has 1 amide bonds. The van der Waals surface area contributed by atoms with Crippen LogP contribution in [0.5, 0.6) is 11.8 Å². The highest BCUT2D eigenvalue weighted by Gasteiger charge is 2.49. The highest BCUT2D eigenvalue weighted by molar-refractivity contribution is 5.98. The molecule has 55 heavy (non-hydrogen) atoms. The van der Waals surface area contributed by atoms with E-state index < -0.39 is 6.17 Å². The fraction of sp³-hybridized carbons (Fsp3) is 0.561. The van der Waals surface area contributed by atoms with E-state index in [9.17, 15) is 14.3 Å². The van der Waals surface area contributed by atoms with Crippen LogP contribution in [0.1, 0.15) is 78.5 Å². The van der Waals surface area contributed by atoms with Crippen molar-refractivity contribution in [3.05, 3.63) is 64.4 Å². The third-order valence-electron chi connectivity index (χ3n) is 13.1. The van der Waals surface area contributed by atoms with Gasteiger partial charge in [-0.05, 0) is 80.6 Å². The SMILES string of the molecule is CCc1c(F)ccc2cc(O)cc(N3CCc4c(nc(OC[C@@]56CCCN5C[C@H](F)C6)nc4N4CCCn5nc(C(=O)N6CC[C@H]7C[C@@H]6CO7)cc5C4)C3)c12. The number of piperidine rings is 1. The van der Waals surface area contributed by atoms with Crippen molar-refractivity contribution in [1.29, 1.82) is 0 Å². The maximum absolute atomic E-state index is 15.2. The van der Waals surface area contributed by atoms with Gasteiger partial charge in [0.2, 0.25) is 0 Å². The summed E-state index contributed by atoms with van der Waals surface area (Å²) >= 11 is 0. The summed E-state index contributed by atoms with van der Waals surface area (Å²) in [6.07, 6.45) is 5.41. The van der Waals surface area contributed by atoms with E-state index >= 15 is 4.39 Å². The molecule has 0 radical (unpaired) electrons. The van der Waals surface area contributed by atoms with Crippen molar-refractivity contribution in [2.75, 3.05) is 55.7 Å². The number of rotatable bonds is 7. The number of likely N-dealkylation sites (tertiary alicyclic amines) is 1. The van der Waals surface area contributed by atoms with E-state index in [0.29, 0.717) is 83.0 Å². The van der Waals surface area contributed by atoms with Crippen LogP contribution in [0.15, 0.2) is 30.3 Å². The van der Waals surface area contributed by atoms with Gasteiger partial charge in [0.1, 0.15) is 30.2 Å². The van der Waals surface area contributed by atoms with E-state index in [0.717, 1.165) is 84.4 Å². The number of amides is 1. The maximum atomic E-state index is 15.2. The number of carbonyl (C=O) groups excluding carboxylic acids is 1. The van der Waals surface area contributed by atoms with Crippen LogP contribution in [0.3, 0.4) is 0 Å². The Balaban J connectivity index is 0.991. The van der Waals surface area contributed by atoms with E-state index in [4.69, 9.17) is 24.5 Å². The lowest BCUT2D eigenvalue weighted by atomic mass is 9.95. The number of anilines is 2. The highest BCUT2D eigenvalue weighted by Crippen LogP contribution is 2.42. The van der Waals surface area contributed by atoms with E-state index in [1.54, 1.807) is 18.2 Å². The number of benzene rings is 2. The summed E-state index contributed by atoms with van der Waals surface area (Å²) in [5.41, 5.74) is 4.28. The molecule has 6 aliphatic heterocycles. The smallest absolute Gasteiger partial charge is 0.318 e. The number of hydrogen-bond acceptors (Lipinski definition) is 10. The van der Waals surface area contributed by atoms with Crippen LogP contribution in [0.4, 0.5) is 20.3 Å². The molecule has 0 spiro atoms. The molecule has 8 heterocycles. The van der Waals surface area contributed by atoms with E-state index in [1.807, 2.05) is 22.6 Å². The third-order valence-corrected chi connectivity index (χ3v) is 13.1. The van der Waals surface area contributed by atoms with Crippen LogP contribution in [-0.4, -0.2) is 110 Å². The first-order chi connectivity index (χ1) is 26.7. The number of aromatic nitrogens is 4. The van der Waals surface area contributed by atoms with Crippen LogP contribution in [-0.2, 0) is 37.2 Å². The van der Waals surface area contributed by atoms with Crippen LogP contribution in [0.2, 0.25) is 0 Å². The largest absolute Gasteiger partial charge is 0.508 e. The lowest BCUT2D eigenvalue weighted by Crippen LogP contribution is -2.44. The number of ether oxygens (including phenoxy) is 2. The number of carbonyl (C=O) groups is 1. The van der Waals surface area contributed by atoms with Crippen LogP contribution in [0.25, 0.3) is 10.8 Å². The normalized spacial score (nSPS) is 26.3. The summed E-state index contributed by atoms with van der Waals surface area (Å²) < 4.78 is 44.2. The Morgan fingerprint density at radius 2 is 1.98 bits per heavy atom. The van der Waals surface area contributed by atoms with Crippen molar-refractivity contribution < 1.29 is 28.2 Å². The Morgan fingerprint density at radius 1 is 1.07 bits per heavy atom. The number of fused-ring (bicyclic) bond motifs is 6. The van der Waals surface area contributed by atoms with Crippen molar-refractivity contribution in [2.45, 2.75) is 102 Å². The average molecular weight is 755 g/mol. The molecule has 6 aliphatic rings. The number of phenolic OH excluding ortho intramolecular Hbond substituents is 1. The number of aromatic hydroxyl groups is 1. The standard InChI is InChI=1S/C41H48F2N8O4/c1-2-31-33(43)6-5-25-15-29(52)18-36(37(25)31)47-13-8-32-35(22-47)44-40(55-24-41-9-3-11-49(41)20-26(42)19-41)45-38(32)48-10-4-12-51-27(21-48)17-34(46-51)39(53)50-14-7-30-16-28(50)23-54-30/h5-6,15,17-18,26,28,30,52H,2-4,7-14,16,19-24H2,1H3/t26-,28-,30+,41+/m1/s1. The summed E-state index contributed by atoms with van der Waals surface area (Å²) in [5, 5.41) is 17.2. The van der Waals surface area contributed by atoms with Gasteiger partial charge in [-0.15, -0.1) is 0 Å². The van der Waals surface area contributed by atoms with Gasteiger partial charge >= 0.3 is 6.01 Å². The molecule has 12 nitrogen and oxygen atoms in total. The van der Waals surface area contributed by atoms with E-state index in [-0.39, 0.29) is 41.2 Å². The van der Waals surface area contributed by atoms with E-state index in [1.165, 1.54) is 6.07 Å². The van der Waals surface area contributed by atoms with Gasteiger partial charge in [0.15, 0.2) is 5.69 Å². The second-order valence-electron chi connectivity index (χ2n) is 16.4. The van der Waals surface area contributed by atoms with Gasteiger partial charge in [-0.25, -0.2) is 8.78 Å². The van der Waals surface area contributed by atoms with Crippen molar-refractivity contribution >= 4 is 28.2 Å². The molecule has 2 bridgehead atoms. The summed E-state index contributed by atoms with van der Waals surface area (Å²) in [7, 11) is 0. The molecule has 2 aromatic carbocycles. The second kappa shape index (κ2) is 13.6. The molecule has 0 saturated carbocycles. The summed E-state index contributed by atoms with van der Waals surface area (Å²) in [6.45, 7) is 7.79. The predicted molar refractivity (Wildman–Crippen MR) is 202 cm³/mol. The van der Waals surface area contributed by atoms with Crippen molar-refractivity contribution in [3.8, 4) is 11.8 Å². The lowest BCUT2D eigenvalue weighted by Gasteiger charge is -2.35. The zero-order valence-corrected chi connectivity index (χ0v) is 31.4. The zero-order valence-electron chi connectivity index (χ0n) is 31.4. The van der Waals surface area contributed by atoms with Gasteiger partial charge in [-0.2, -0.15) is 15.1 Å². The molecule has 290 valence electrons. The summed E-state index contributed by atoms with van der Waals surface area (Å²) in [4.78, 5) is 32.5. The Morgan fingerprint density at radius 3 is 2.87 bits per heavy atom. The lowest BCUT2D eigenvalue weighted by molar-refractivity contribution is 0.0647. The quantitative estimate of drug-likeness (QED) is 0.272. The van der Waals surface area contributed by atoms with Gasteiger partial charge < -0.3 is 29.3 Å². The van der Waals surface area contributed by atoms with Crippen molar-refractivity contribution in [3.63, 3.8) is 0 Å². The van der Waals surface area contributed by atoms with E-state index in [2.05, 4.69) is 14.7 Å². The summed E-state index contributed by atoms with van der Waals surface area (Å²) in [6, 6.07) is 8.91.